The van der Waals surface area contributed by atoms with Crippen molar-refractivity contribution in [3.8, 4) is 0 Å². The molecule has 0 saturated heterocycles. The summed E-state index contributed by atoms with van der Waals surface area (Å²) in [4.78, 5) is 45.0. The van der Waals surface area contributed by atoms with E-state index in [2.05, 4.69) is 10.6 Å². The number of carbonyl (C=O) groups excluding carboxylic acids is 3. The zero-order chi connectivity index (χ0) is 18.5. The summed E-state index contributed by atoms with van der Waals surface area (Å²) in [6.45, 7) is 3.96. The molecule has 24 heavy (non-hydrogen) atoms. The molecule has 2 N–H and O–H groups in total. The Hall–Kier alpha value is -2.97. The third kappa shape index (κ3) is 4.77. The lowest BCUT2D eigenvalue weighted by Crippen LogP contribution is -2.53. The maximum absolute atomic E-state index is 12.0. The number of methoxy groups -OCH3 is 1. The third-order valence-electron chi connectivity index (χ3n) is 3.22. The Balaban J connectivity index is 3.23. The van der Waals surface area contributed by atoms with Crippen LogP contribution in [0.25, 0.3) is 0 Å². The molecule has 1 aromatic carbocycles. The highest BCUT2D eigenvalue weighted by Crippen LogP contribution is 2.27. The van der Waals surface area contributed by atoms with Crippen LogP contribution in [0.4, 0.5) is 11.4 Å². The summed E-state index contributed by atoms with van der Waals surface area (Å²) in [6.07, 6.45) is -0.0134. The van der Waals surface area contributed by atoms with E-state index >= 15 is 0 Å². The molecule has 0 aliphatic heterocycles. The summed E-state index contributed by atoms with van der Waals surface area (Å²) in [7, 11) is 1.19. The molecule has 0 fully saturated rings. The number of rotatable bonds is 6. The van der Waals surface area contributed by atoms with Gasteiger partial charge in [0, 0.05) is 26.3 Å². The number of nitro groups is 1. The van der Waals surface area contributed by atoms with Gasteiger partial charge in [0.25, 0.3) is 5.69 Å². The van der Waals surface area contributed by atoms with Crippen LogP contribution in [-0.4, -0.2) is 35.4 Å². The number of amides is 2. The van der Waals surface area contributed by atoms with Gasteiger partial charge in [0.15, 0.2) is 0 Å². The molecule has 9 nitrogen and oxygen atoms in total. The van der Waals surface area contributed by atoms with Gasteiger partial charge >= 0.3 is 5.97 Å². The minimum Gasteiger partial charge on any atom is -0.467 e. The first kappa shape index (κ1) is 19.1. The second-order valence-corrected chi connectivity index (χ2v) is 5.47. The van der Waals surface area contributed by atoms with Crippen LogP contribution >= 0.6 is 0 Å². The molecule has 130 valence electrons. The van der Waals surface area contributed by atoms with Crippen LogP contribution in [0, 0.1) is 10.1 Å². The molecule has 0 aliphatic carbocycles. The second kappa shape index (κ2) is 7.53. The average Bonchev–Trinajstić information content (AvgIpc) is 2.46. The minimum absolute atomic E-state index is 0.0134. The van der Waals surface area contributed by atoms with Crippen LogP contribution in [0.1, 0.15) is 26.3 Å². The number of hydrogen-bond donors (Lipinski definition) is 2. The van der Waals surface area contributed by atoms with Crippen molar-refractivity contribution in [2.75, 3.05) is 12.4 Å². The Bertz CT molecular complexity index is 688. The van der Waals surface area contributed by atoms with E-state index in [4.69, 9.17) is 4.74 Å². The maximum Gasteiger partial charge on any atom is 0.331 e. The molecule has 9 heteroatoms. The van der Waals surface area contributed by atoms with Crippen LogP contribution in [-0.2, 0) is 25.5 Å². The van der Waals surface area contributed by atoms with E-state index in [1.807, 2.05) is 0 Å². The van der Waals surface area contributed by atoms with Crippen molar-refractivity contribution < 1.29 is 24.0 Å². The smallest absolute Gasteiger partial charge is 0.331 e. The number of hydrogen-bond acceptors (Lipinski definition) is 6. The molecular weight excluding hydrogens is 318 g/mol. The highest BCUT2D eigenvalue weighted by atomic mass is 16.6. The predicted molar refractivity (Wildman–Crippen MR) is 85.3 cm³/mol. The lowest BCUT2D eigenvalue weighted by Gasteiger charge is -2.27. The Morgan fingerprint density at radius 2 is 1.88 bits per heavy atom. The maximum atomic E-state index is 12.0. The topological polar surface area (TPSA) is 128 Å². The number of nitro benzene ring substituents is 1. The van der Waals surface area contributed by atoms with Gasteiger partial charge in [-0.05, 0) is 18.6 Å². The number of anilines is 1. The number of nitrogens with zero attached hydrogens (tertiary/aromatic N) is 1. The van der Waals surface area contributed by atoms with Crippen LogP contribution in [0.3, 0.4) is 0 Å². The number of esters is 1. The Kier molecular flexibility index (Phi) is 5.99. The van der Waals surface area contributed by atoms with E-state index in [0.717, 1.165) is 0 Å². The fourth-order valence-electron chi connectivity index (χ4n) is 2.32. The summed E-state index contributed by atoms with van der Waals surface area (Å²) < 4.78 is 4.70. The molecular formula is C15H19N3O6. The van der Waals surface area contributed by atoms with Gasteiger partial charge in [-0.25, -0.2) is 4.79 Å². The molecule has 1 unspecified atom stereocenters. The minimum atomic E-state index is -1.37. The van der Waals surface area contributed by atoms with E-state index in [-0.39, 0.29) is 17.8 Å². The highest BCUT2D eigenvalue weighted by Gasteiger charge is 2.36. The standard InChI is InChI=1S/C15H19N3O6/c1-9(19)16-12-6-5-11(7-13(12)18(22)23)8-15(3,14(21)24-4)17-10(2)20/h5-7H,8H2,1-4H3,(H,16,19)(H,17,20). The summed E-state index contributed by atoms with van der Waals surface area (Å²) in [5.74, 6) is -1.55. The molecule has 0 aromatic heterocycles. The van der Waals surface area contributed by atoms with Gasteiger partial charge < -0.3 is 15.4 Å². The van der Waals surface area contributed by atoms with E-state index in [0.29, 0.717) is 5.56 Å². The lowest BCUT2D eigenvalue weighted by molar-refractivity contribution is -0.384. The van der Waals surface area contributed by atoms with Crippen LogP contribution < -0.4 is 10.6 Å². The molecule has 2 amide bonds. The van der Waals surface area contributed by atoms with Crippen molar-refractivity contribution >= 4 is 29.2 Å². The van der Waals surface area contributed by atoms with Crippen molar-refractivity contribution in [3.63, 3.8) is 0 Å². The van der Waals surface area contributed by atoms with Crippen molar-refractivity contribution in [2.45, 2.75) is 32.7 Å². The quantitative estimate of drug-likeness (QED) is 0.455. The molecule has 0 radical (unpaired) electrons. The average molecular weight is 337 g/mol. The Morgan fingerprint density at radius 1 is 1.25 bits per heavy atom. The number of carbonyl (C=O) groups is 3. The second-order valence-electron chi connectivity index (χ2n) is 5.47. The molecule has 0 saturated carbocycles. The first-order valence-corrected chi connectivity index (χ1v) is 7.01. The fourth-order valence-corrected chi connectivity index (χ4v) is 2.32. The SMILES string of the molecule is COC(=O)C(C)(Cc1ccc(NC(C)=O)c([N+](=O)[O-])c1)NC(C)=O. The predicted octanol–water partition coefficient (Wildman–Crippen LogP) is 1.16. The summed E-state index contributed by atoms with van der Waals surface area (Å²) in [6, 6.07) is 4.15. The van der Waals surface area contributed by atoms with E-state index in [1.165, 1.54) is 46.1 Å². The van der Waals surface area contributed by atoms with Gasteiger partial charge in [0.1, 0.15) is 11.2 Å². The molecule has 0 heterocycles. The number of nitrogens with one attached hydrogen (secondary N) is 2. The van der Waals surface area contributed by atoms with E-state index < -0.39 is 28.2 Å². The fraction of sp³-hybridized carbons (Fsp3) is 0.400. The van der Waals surface area contributed by atoms with Gasteiger partial charge in [-0.2, -0.15) is 0 Å². The highest BCUT2D eigenvalue weighted by molar-refractivity contribution is 5.91. The van der Waals surface area contributed by atoms with E-state index in [1.54, 1.807) is 0 Å². The Morgan fingerprint density at radius 3 is 2.33 bits per heavy atom. The van der Waals surface area contributed by atoms with Crippen molar-refractivity contribution in [1.29, 1.82) is 0 Å². The first-order chi connectivity index (χ1) is 11.1. The number of benzene rings is 1. The van der Waals surface area contributed by atoms with Gasteiger partial charge in [0.2, 0.25) is 11.8 Å². The lowest BCUT2D eigenvalue weighted by atomic mass is 9.92. The molecule has 0 bridgehead atoms. The molecule has 0 aliphatic rings. The first-order valence-electron chi connectivity index (χ1n) is 7.01. The third-order valence-corrected chi connectivity index (χ3v) is 3.22. The van der Waals surface area contributed by atoms with Gasteiger partial charge in [-0.3, -0.25) is 19.7 Å². The zero-order valence-corrected chi connectivity index (χ0v) is 13.8. The van der Waals surface area contributed by atoms with Crippen molar-refractivity contribution in [3.05, 3.63) is 33.9 Å². The summed E-state index contributed by atoms with van der Waals surface area (Å²) in [5.41, 5.74) is -1.20. The number of ether oxygens (including phenoxy) is 1. The largest absolute Gasteiger partial charge is 0.467 e. The summed E-state index contributed by atoms with van der Waals surface area (Å²) >= 11 is 0. The van der Waals surface area contributed by atoms with Crippen LogP contribution in [0.2, 0.25) is 0 Å². The van der Waals surface area contributed by atoms with Gasteiger partial charge in [-0.15, -0.1) is 0 Å². The molecule has 1 atom stereocenters. The molecule has 1 rings (SSSR count). The van der Waals surface area contributed by atoms with E-state index in [9.17, 15) is 24.5 Å². The molecule has 1 aromatic rings. The normalized spacial score (nSPS) is 12.7. The zero-order valence-electron chi connectivity index (χ0n) is 13.8. The Labute approximate surface area is 138 Å². The van der Waals surface area contributed by atoms with Crippen LogP contribution in [0.5, 0.6) is 0 Å². The van der Waals surface area contributed by atoms with Crippen molar-refractivity contribution in [2.24, 2.45) is 0 Å². The van der Waals surface area contributed by atoms with Gasteiger partial charge in [-0.1, -0.05) is 6.07 Å². The molecule has 0 spiro atoms. The van der Waals surface area contributed by atoms with Crippen molar-refractivity contribution in [1.82, 2.24) is 5.32 Å². The monoisotopic (exact) mass is 337 g/mol. The summed E-state index contributed by atoms with van der Waals surface area (Å²) in [5, 5.41) is 16.0. The van der Waals surface area contributed by atoms with Gasteiger partial charge in [0.05, 0.1) is 12.0 Å². The van der Waals surface area contributed by atoms with Crippen LogP contribution in [0.15, 0.2) is 18.2 Å².